The molecule has 0 radical (unpaired) electrons. The van der Waals surface area contributed by atoms with E-state index in [1.165, 1.54) is 40.4 Å². The van der Waals surface area contributed by atoms with Gasteiger partial charge in [-0.3, -0.25) is 0 Å². The molecule has 0 unspecified atom stereocenters. The molecule has 0 saturated carbocycles. The van der Waals surface area contributed by atoms with E-state index >= 15 is 0 Å². The van der Waals surface area contributed by atoms with Gasteiger partial charge in [0, 0.05) is 23.3 Å². The Kier molecular flexibility index (Phi) is 5.07. The van der Waals surface area contributed by atoms with Crippen molar-refractivity contribution in [3.8, 4) is 29.1 Å². The Labute approximate surface area is 133 Å². The third kappa shape index (κ3) is 3.54. The van der Waals surface area contributed by atoms with Crippen molar-refractivity contribution in [1.29, 1.82) is 0 Å². The predicted molar refractivity (Wildman–Crippen MR) is 83.2 cm³/mol. The zero-order valence-corrected chi connectivity index (χ0v) is 13.3. The second-order valence-corrected chi connectivity index (χ2v) is 4.72. The molecule has 0 saturated heterocycles. The maximum Gasteiger partial charge on any atom is 0.141 e. The maximum atomic E-state index is 13.6. The minimum atomic E-state index is -0.636. The van der Waals surface area contributed by atoms with Gasteiger partial charge in [-0.2, -0.15) is 0 Å². The zero-order valence-electron chi connectivity index (χ0n) is 13.3. The summed E-state index contributed by atoms with van der Waals surface area (Å²) in [5, 5.41) is 0. The van der Waals surface area contributed by atoms with Crippen molar-refractivity contribution in [3.63, 3.8) is 0 Å². The van der Waals surface area contributed by atoms with Gasteiger partial charge < -0.3 is 14.2 Å². The number of methoxy groups -OCH3 is 3. The van der Waals surface area contributed by atoms with Crippen molar-refractivity contribution in [2.45, 2.75) is 6.92 Å². The van der Waals surface area contributed by atoms with E-state index in [4.69, 9.17) is 14.2 Å². The molecule has 23 heavy (non-hydrogen) atoms. The molecule has 0 N–H and O–H groups in total. The number of hydrogen-bond acceptors (Lipinski definition) is 3. The summed E-state index contributed by atoms with van der Waals surface area (Å²) in [5.41, 5.74) is 0.665. The molecular weight excluding hydrogens is 302 g/mol. The van der Waals surface area contributed by atoms with E-state index in [0.29, 0.717) is 22.8 Å². The lowest BCUT2D eigenvalue weighted by Gasteiger charge is -2.11. The third-order valence-electron chi connectivity index (χ3n) is 3.33. The van der Waals surface area contributed by atoms with Crippen molar-refractivity contribution in [3.05, 3.63) is 52.6 Å². The fraction of sp³-hybridized carbons (Fsp3) is 0.222. The van der Waals surface area contributed by atoms with Crippen LogP contribution in [0.25, 0.3) is 0 Å². The number of halogens is 2. The molecular formula is C18H16F2O3. The van der Waals surface area contributed by atoms with Crippen molar-refractivity contribution < 1.29 is 23.0 Å². The standard InChI is InChI=1S/C18H16F2O3/c1-11-15(19)7-12(8-16(11)20)5-6-14-17(22-3)9-13(21-2)10-18(14)23-4/h7-10H,1-4H3. The van der Waals surface area contributed by atoms with Crippen LogP contribution < -0.4 is 14.2 Å². The van der Waals surface area contributed by atoms with Gasteiger partial charge >= 0.3 is 0 Å². The Morgan fingerprint density at radius 2 is 1.30 bits per heavy atom. The van der Waals surface area contributed by atoms with Crippen LogP contribution in [-0.2, 0) is 0 Å². The zero-order chi connectivity index (χ0) is 17.0. The van der Waals surface area contributed by atoms with Gasteiger partial charge in [-0.05, 0) is 19.1 Å². The summed E-state index contributed by atoms with van der Waals surface area (Å²) in [6, 6.07) is 5.69. The van der Waals surface area contributed by atoms with Crippen LogP contribution in [0.1, 0.15) is 16.7 Å². The lowest BCUT2D eigenvalue weighted by Crippen LogP contribution is -1.95. The first kappa shape index (κ1) is 16.6. The minimum Gasteiger partial charge on any atom is -0.496 e. The van der Waals surface area contributed by atoms with Crippen LogP contribution in [0, 0.1) is 30.4 Å². The van der Waals surface area contributed by atoms with E-state index in [1.807, 2.05) is 0 Å². The monoisotopic (exact) mass is 318 g/mol. The van der Waals surface area contributed by atoms with Gasteiger partial charge in [0.15, 0.2) is 0 Å². The summed E-state index contributed by atoms with van der Waals surface area (Å²) < 4.78 is 42.9. The molecule has 0 bridgehead atoms. The highest BCUT2D eigenvalue weighted by Gasteiger charge is 2.11. The fourth-order valence-corrected chi connectivity index (χ4v) is 1.98. The second kappa shape index (κ2) is 7.01. The molecule has 0 aliphatic heterocycles. The Morgan fingerprint density at radius 3 is 1.74 bits per heavy atom. The average Bonchev–Trinajstić information content (AvgIpc) is 2.56. The number of hydrogen-bond donors (Lipinski definition) is 0. The molecule has 2 rings (SSSR count). The minimum absolute atomic E-state index is 0.0323. The summed E-state index contributed by atoms with van der Waals surface area (Å²) in [5.74, 6) is 5.73. The lowest BCUT2D eigenvalue weighted by atomic mass is 10.1. The summed E-state index contributed by atoms with van der Waals surface area (Å²) in [6.07, 6.45) is 0. The van der Waals surface area contributed by atoms with Crippen molar-refractivity contribution >= 4 is 0 Å². The highest BCUT2D eigenvalue weighted by molar-refractivity contribution is 5.60. The van der Waals surface area contributed by atoms with Crippen molar-refractivity contribution in [1.82, 2.24) is 0 Å². The third-order valence-corrected chi connectivity index (χ3v) is 3.33. The van der Waals surface area contributed by atoms with E-state index in [0.717, 1.165) is 0 Å². The van der Waals surface area contributed by atoms with Gasteiger partial charge in [0.2, 0.25) is 0 Å². The normalized spacial score (nSPS) is 9.83. The summed E-state index contributed by atoms with van der Waals surface area (Å²) in [7, 11) is 4.51. The summed E-state index contributed by atoms with van der Waals surface area (Å²) in [6.45, 7) is 1.37. The largest absolute Gasteiger partial charge is 0.496 e. The van der Waals surface area contributed by atoms with E-state index in [1.54, 1.807) is 12.1 Å². The van der Waals surface area contributed by atoms with E-state index in [9.17, 15) is 8.78 Å². The van der Waals surface area contributed by atoms with Crippen LogP contribution in [0.5, 0.6) is 17.2 Å². The Morgan fingerprint density at radius 1 is 0.783 bits per heavy atom. The molecule has 120 valence electrons. The van der Waals surface area contributed by atoms with Gasteiger partial charge in [0.25, 0.3) is 0 Å². The molecule has 2 aromatic rings. The van der Waals surface area contributed by atoms with Crippen molar-refractivity contribution in [2.24, 2.45) is 0 Å². The first-order valence-corrected chi connectivity index (χ1v) is 6.77. The molecule has 0 aliphatic rings. The summed E-state index contributed by atoms with van der Waals surface area (Å²) >= 11 is 0. The average molecular weight is 318 g/mol. The fourth-order valence-electron chi connectivity index (χ4n) is 1.98. The number of benzene rings is 2. The van der Waals surface area contributed by atoms with E-state index in [2.05, 4.69) is 11.8 Å². The number of ether oxygens (including phenoxy) is 3. The Balaban J connectivity index is 2.52. The van der Waals surface area contributed by atoms with Crippen LogP contribution in [0.3, 0.4) is 0 Å². The molecule has 0 aromatic heterocycles. The molecule has 0 amide bonds. The Bertz CT molecular complexity index is 741. The first-order chi connectivity index (χ1) is 11.0. The van der Waals surface area contributed by atoms with E-state index in [-0.39, 0.29) is 11.1 Å². The quantitative estimate of drug-likeness (QED) is 0.808. The van der Waals surface area contributed by atoms with Gasteiger partial charge in [0.05, 0.1) is 21.3 Å². The molecule has 3 nitrogen and oxygen atoms in total. The second-order valence-electron chi connectivity index (χ2n) is 4.72. The van der Waals surface area contributed by atoms with Gasteiger partial charge in [-0.1, -0.05) is 11.8 Å². The Hall–Kier alpha value is -2.74. The van der Waals surface area contributed by atoms with Gasteiger partial charge in [0.1, 0.15) is 34.4 Å². The molecule has 5 heteroatoms. The van der Waals surface area contributed by atoms with Crippen LogP contribution in [0.2, 0.25) is 0 Å². The SMILES string of the molecule is COc1cc(OC)c(C#Cc2cc(F)c(C)c(F)c2)c(OC)c1. The van der Waals surface area contributed by atoms with Crippen LogP contribution >= 0.6 is 0 Å². The predicted octanol–water partition coefficient (Wildman–Crippen LogP) is 3.70. The molecule has 0 aliphatic carbocycles. The van der Waals surface area contributed by atoms with Crippen molar-refractivity contribution in [2.75, 3.05) is 21.3 Å². The first-order valence-electron chi connectivity index (χ1n) is 6.77. The molecule has 0 spiro atoms. The smallest absolute Gasteiger partial charge is 0.141 e. The highest BCUT2D eigenvalue weighted by atomic mass is 19.1. The molecule has 0 atom stereocenters. The molecule has 2 aromatic carbocycles. The number of rotatable bonds is 3. The lowest BCUT2D eigenvalue weighted by molar-refractivity contribution is 0.374. The van der Waals surface area contributed by atoms with Crippen LogP contribution in [0.15, 0.2) is 24.3 Å². The molecule has 0 heterocycles. The summed E-state index contributed by atoms with van der Waals surface area (Å²) in [4.78, 5) is 0. The van der Waals surface area contributed by atoms with Gasteiger partial charge in [-0.25, -0.2) is 8.78 Å². The van der Waals surface area contributed by atoms with Gasteiger partial charge in [-0.15, -0.1) is 0 Å². The molecule has 0 fully saturated rings. The van der Waals surface area contributed by atoms with E-state index < -0.39 is 11.6 Å². The topological polar surface area (TPSA) is 27.7 Å². The highest BCUT2D eigenvalue weighted by Crippen LogP contribution is 2.33. The van der Waals surface area contributed by atoms with Crippen LogP contribution in [0.4, 0.5) is 8.78 Å². The maximum absolute atomic E-state index is 13.6. The van der Waals surface area contributed by atoms with Crippen LogP contribution in [-0.4, -0.2) is 21.3 Å².